The normalized spacial score (nSPS) is 28.8. The Morgan fingerprint density at radius 3 is 2.34 bits per heavy atom. The number of nitrogens with one attached hydrogen (secondary N) is 2. The minimum absolute atomic E-state index is 0.00436. The molecular formula is C32H32ClN3O4S. The molecule has 0 radical (unpaired) electrons. The van der Waals surface area contributed by atoms with Gasteiger partial charge in [-0.05, 0) is 48.6 Å². The number of carbonyl (C=O) groups excluding carboxylic acids is 3. The third kappa shape index (κ3) is 4.72. The van der Waals surface area contributed by atoms with Crippen molar-refractivity contribution in [1.82, 2.24) is 4.90 Å². The Balaban J connectivity index is 1.40. The molecule has 7 nitrogen and oxygen atoms in total. The maximum atomic E-state index is 14.5. The summed E-state index contributed by atoms with van der Waals surface area (Å²) < 4.78 is -0.824. The number of halogens is 1. The van der Waals surface area contributed by atoms with Gasteiger partial charge in [0.05, 0.1) is 39.9 Å². The second-order valence-corrected chi connectivity index (χ2v) is 13.1. The van der Waals surface area contributed by atoms with E-state index in [1.165, 1.54) is 0 Å². The quantitative estimate of drug-likeness (QED) is 0.349. The number of likely N-dealkylation sites (tertiary alicyclic amines) is 1. The highest BCUT2D eigenvalue weighted by Gasteiger charge is 2.76. The van der Waals surface area contributed by atoms with Gasteiger partial charge >= 0.3 is 0 Å². The summed E-state index contributed by atoms with van der Waals surface area (Å²) in [4.78, 5) is 44.2. The van der Waals surface area contributed by atoms with Gasteiger partial charge in [0, 0.05) is 10.9 Å². The Hall–Kier alpha value is -3.33. The first-order chi connectivity index (χ1) is 19.8. The van der Waals surface area contributed by atoms with Crippen LogP contribution >= 0.6 is 23.4 Å². The number of thioether (sulfide) groups is 1. The van der Waals surface area contributed by atoms with Gasteiger partial charge in [0.25, 0.3) is 0 Å². The molecule has 3 aromatic carbocycles. The monoisotopic (exact) mass is 589 g/mol. The van der Waals surface area contributed by atoms with Crippen molar-refractivity contribution < 1.29 is 19.5 Å². The van der Waals surface area contributed by atoms with Crippen LogP contribution < -0.4 is 10.6 Å². The van der Waals surface area contributed by atoms with Crippen LogP contribution in [0.2, 0.25) is 5.02 Å². The van der Waals surface area contributed by atoms with Crippen molar-refractivity contribution in [2.24, 2.45) is 17.8 Å². The van der Waals surface area contributed by atoms with Crippen LogP contribution in [0, 0.1) is 17.8 Å². The molecule has 1 spiro atoms. The SMILES string of the molecule is CC1C[C@@H]2SC13C(C(=O)Nc1ccccc1Cl)N([C@@H](CO)Cc1ccccc1)C(=O)[C@@H]3[C@@H]2C(=O)Nc1ccccc1. The summed E-state index contributed by atoms with van der Waals surface area (Å²) in [7, 11) is 0. The molecule has 0 aromatic heterocycles. The van der Waals surface area contributed by atoms with Crippen molar-refractivity contribution in [3.05, 3.63) is 95.5 Å². The highest BCUT2D eigenvalue weighted by Crippen LogP contribution is 2.69. The van der Waals surface area contributed by atoms with Gasteiger partial charge in [-0.1, -0.05) is 79.2 Å². The number of nitrogens with zero attached hydrogens (tertiary/aromatic N) is 1. The van der Waals surface area contributed by atoms with E-state index in [-0.39, 0.29) is 35.5 Å². The van der Waals surface area contributed by atoms with Gasteiger partial charge < -0.3 is 20.6 Å². The van der Waals surface area contributed by atoms with E-state index in [4.69, 9.17) is 11.6 Å². The number of para-hydroxylation sites is 2. The first kappa shape index (κ1) is 27.8. The average Bonchev–Trinajstić information content (AvgIpc) is 3.57. The highest BCUT2D eigenvalue weighted by molar-refractivity contribution is 8.02. The standard InChI is InChI=1S/C32H32ClN3O4S/c1-19-16-25-26(29(38)34-21-12-6-3-7-13-21)27-31(40)36(22(18-37)17-20-10-4-2-5-11-20)28(32(19,27)41-25)30(39)35-24-15-9-8-14-23(24)33/h2-15,19,22,25-28,37H,16-18H2,1H3,(H,34,38)(H,35,39)/t19?,22-,25+,26-,27+,28?,32?/m1/s1. The zero-order valence-electron chi connectivity index (χ0n) is 22.6. The van der Waals surface area contributed by atoms with Crippen LogP contribution in [0.25, 0.3) is 0 Å². The topological polar surface area (TPSA) is 98.7 Å². The summed E-state index contributed by atoms with van der Waals surface area (Å²) in [6.07, 6.45) is 1.10. The Kier molecular flexibility index (Phi) is 7.57. The van der Waals surface area contributed by atoms with Crippen molar-refractivity contribution in [1.29, 1.82) is 0 Å². The van der Waals surface area contributed by atoms with Gasteiger partial charge in [0.1, 0.15) is 6.04 Å². The van der Waals surface area contributed by atoms with E-state index in [1.54, 1.807) is 40.9 Å². The largest absolute Gasteiger partial charge is 0.394 e. The maximum Gasteiger partial charge on any atom is 0.248 e. The second kappa shape index (κ2) is 11.2. The van der Waals surface area contributed by atoms with E-state index < -0.39 is 28.7 Å². The van der Waals surface area contributed by atoms with Gasteiger partial charge in [-0.25, -0.2) is 0 Å². The number of fused-ring (bicyclic) bond motifs is 1. The molecule has 3 saturated heterocycles. The molecule has 41 heavy (non-hydrogen) atoms. The van der Waals surface area contributed by atoms with Gasteiger partial charge in [-0.2, -0.15) is 0 Å². The highest BCUT2D eigenvalue weighted by atomic mass is 35.5. The third-order valence-corrected chi connectivity index (χ3v) is 11.2. The third-order valence-electron chi connectivity index (χ3n) is 8.83. The Labute approximate surface area is 248 Å². The molecule has 3 fully saturated rings. The van der Waals surface area contributed by atoms with Crippen LogP contribution in [-0.4, -0.2) is 56.4 Å². The van der Waals surface area contributed by atoms with Crippen LogP contribution in [0.15, 0.2) is 84.9 Å². The number of hydrogen-bond donors (Lipinski definition) is 3. The zero-order chi connectivity index (χ0) is 28.7. The van der Waals surface area contributed by atoms with Crippen LogP contribution in [0.5, 0.6) is 0 Å². The first-order valence-electron chi connectivity index (χ1n) is 13.9. The number of anilines is 2. The van der Waals surface area contributed by atoms with Gasteiger partial charge in [-0.15, -0.1) is 11.8 Å². The summed E-state index contributed by atoms with van der Waals surface area (Å²) >= 11 is 8.00. The van der Waals surface area contributed by atoms with Crippen LogP contribution in [-0.2, 0) is 20.8 Å². The first-order valence-corrected chi connectivity index (χ1v) is 15.2. The lowest BCUT2D eigenvalue weighted by molar-refractivity contribution is -0.141. The minimum atomic E-state index is -0.892. The van der Waals surface area contributed by atoms with Crippen molar-refractivity contribution in [2.45, 2.75) is 41.8 Å². The Morgan fingerprint density at radius 2 is 1.66 bits per heavy atom. The lowest BCUT2D eigenvalue weighted by Crippen LogP contribution is -2.57. The second-order valence-electron chi connectivity index (χ2n) is 11.1. The fraction of sp³-hybridized carbons (Fsp3) is 0.344. The van der Waals surface area contributed by atoms with Crippen LogP contribution in [0.3, 0.4) is 0 Å². The van der Waals surface area contributed by atoms with Crippen LogP contribution in [0.4, 0.5) is 11.4 Å². The molecule has 9 heteroatoms. The van der Waals surface area contributed by atoms with Crippen LogP contribution in [0.1, 0.15) is 18.9 Å². The van der Waals surface area contributed by atoms with Crippen molar-refractivity contribution >= 4 is 52.5 Å². The molecule has 3 N–H and O–H groups in total. The average molecular weight is 590 g/mol. The fourth-order valence-corrected chi connectivity index (χ4v) is 9.69. The summed E-state index contributed by atoms with van der Waals surface area (Å²) in [6.45, 7) is 1.76. The number of hydrogen-bond acceptors (Lipinski definition) is 5. The van der Waals surface area contributed by atoms with E-state index in [0.29, 0.717) is 29.2 Å². The number of aliphatic hydroxyl groups is 1. The van der Waals surface area contributed by atoms with E-state index in [0.717, 1.165) is 5.56 Å². The molecule has 3 heterocycles. The smallest absolute Gasteiger partial charge is 0.248 e. The lowest BCUT2D eigenvalue weighted by atomic mass is 9.66. The molecule has 6 rings (SSSR count). The molecule has 2 bridgehead atoms. The zero-order valence-corrected chi connectivity index (χ0v) is 24.1. The van der Waals surface area contributed by atoms with Gasteiger partial charge in [-0.3, -0.25) is 14.4 Å². The van der Waals surface area contributed by atoms with E-state index in [1.807, 2.05) is 60.7 Å². The fourth-order valence-electron chi connectivity index (χ4n) is 7.10. The molecule has 0 saturated carbocycles. The minimum Gasteiger partial charge on any atom is -0.394 e. The van der Waals surface area contributed by atoms with Crippen molar-refractivity contribution in [3.63, 3.8) is 0 Å². The summed E-state index contributed by atoms with van der Waals surface area (Å²) in [5.41, 5.74) is 2.07. The Bertz CT molecular complexity index is 1460. The molecule has 3 aliphatic rings. The lowest BCUT2D eigenvalue weighted by Gasteiger charge is -2.40. The molecule has 0 aliphatic carbocycles. The summed E-state index contributed by atoms with van der Waals surface area (Å²) in [6, 6.07) is 24.3. The number of aliphatic hydroxyl groups excluding tert-OH is 1. The summed E-state index contributed by atoms with van der Waals surface area (Å²) in [5, 5.41) is 16.9. The molecule has 3 aromatic rings. The number of rotatable bonds is 8. The number of carbonyl (C=O) groups is 3. The maximum absolute atomic E-state index is 14.5. The van der Waals surface area contributed by atoms with Gasteiger partial charge in [0.15, 0.2) is 0 Å². The molecule has 3 aliphatic heterocycles. The molecule has 3 unspecified atom stereocenters. The van der Waals surface area contributed by atoms with E-state index in [9.17, 15) is 19.5 Å². The molecule has 212 valence electrons. The number of benzene rings is 3. The predicted octanol–water partition coefficient (Wildman–Crippen LogP) is 4.86. The van der Waals surface area contributed by atoms with Gasteiger partial charge in [0.2, 0.25) is 17.7 Å². The van der Waals surface area contributed by atoms with Crippen molar-refractivity contribution in [2.75, 3.05) is 17.2 Å². The predicted molar refractivity (Wildman–Crippen MR) is 162 cm³/mol. The molecular weight excluding hydrogens is 558 g/mol. The van der Waals surface area contributed by atoms with E-state index >= 15 is 0 Å². The Morgan fingerprint density at radius 1 is 1.00 bits per heavy atom. The number of amides is 3. The van der Waals surface area contributed by atoms with E-state index in [2.05, 4.69) is 17.6 Å². The molecule has 3 amide bonds. The molecule has 7 atom stereocenters. The van der Waals surface area contributed by atoms with Crippen molar-refractivity contribution in [3.8, 4) is 0 Å². The summed E-state index contributed by atoms with van der Waals surface area (Å²) in [5.74, 6) is -2.12.